The SMILES string of the molecule is C=C1CC2C[C@H](S[C@@H]3CCNC3)CC[C@]2(C)[C@H]2CC[C@]3(C)C(=O)CC[C@H]3[C@H]12. The van der Waals surface area contributed by atoms with E-state index in [9.17, 15) is 4.79 Å². The summed E-state index contributed by atoms with van der Waals surface area (Å²) in [6.07, 6.45) is 11.2. The van der Waals surface area contributed by atoms with E-state index in [0.29, 0.717) is 23.0 Å². The standard InChI is InChI=1S/C24H37NOS/c1-15-12-16-13-17(27-18-8-11-25-14-18)6-9-23(16,2)20-7-10-24(3)19(22(15)20)4-5-21(24)26/h16-20,22,25H,1,4-14H2,2-3H3/t16?,17-,18-,19+,20+,22+,23+,24+/m1/s1. The molecule has 4 saturated carbocycles. The van der Waals surface area contributed by atoms with Crippen molar-refractivity contribution in [3.05, 3.63) is 12.2 Å². The van der Waals surface area contributed by atoms with Gasteiger partial charge in [0.15, 0.2) is 0 Å². The molecule has 0 spiro atoms. The number of Topliss-reactive ketones (excluding diaryl/α,β-unsaturated/α-hetero) is 1. The lowest BCUT2D eigenvalue weighted by Gasteiger charge is -2.61. The molecule has 5 rings (SSSR count). The normalized spacial score (nSPS) is 52.4. The highest BCUT2D eigenvalue weighted by molar-refractivity contribution is 8.00. The lowest BCUT2D eigenvalue weighted by atomic mass is 9.44. The fourth-order valence-electron chi connectivity index (χ4n) is 8.00. The Kier molecular flexibility index (Phi) is 4.59. The zero-order valence-corrected chi connectivity index (χ0v) is 18.1. The van der Waals surface area contributed by atoms with Crippen LogP contribution in [0.4, 0.5) is 0 Å². The summed E-state index contributed by atoms with van der Waals surface area (Å²) in [5.74, 6) is 3.38. The van der Waals surface area contributed by atoms with Crippen molar-refractivity contribution in [1.82, 2.24) is 5.32 Å². The zero-order valence-electron chi connectivity index (χ0n) is 17.3. The van der Waals surface area contributed by atoms with Gasteiger partial charge in [0.1, 0.15) is 5.78 Å². The molecule has 0 amide bonds. The molecule has 5 aliphatic rings. The summed E-state index contributed by atoms with van der Waals surface area (Å²) in [7, 11) is 0. The van der Waals surface area contributed by atoms with Crippen LogP contribution in [-0.4, -0.2) is 29.4 Å². The van der Waals surface area contributed by atoms with Crippen LogP contribution in [0.25, 0.3) is 0 Å². The lowest BCUT2D eigenvalue weighted by Crippen LogP contribution is -2.54. The van der Waals surface area contributed by atoms with Crippen LogP contribution in [0.5, 0.6) is 0 Å². The van der Waals surface area contributed by atoms with Gasteiger partial charge in [0, 0.05) is 28.9 Å². The van der Waals surface area contributed by atoms with E-state index in [4.69, 9.17) is 0 Å². The third kappa shape index (κ3) is 2.81. The largest absolute Gasteiger partial charge is 0.316 e. The van der Waals surface area contributed by atoms with Gasteiger partial charge in [0.25, 0.3) is 0 Å². The average Bonchev–Trinajstić information content (AvgIpc) is 3.25. The minimum atomic E-state index is -0.0319. The Hall–Kier alpha value is -0.280. The molecule has 4 aliphatic carbocycles. The Morgan fingerprint density at radius 3 is 2.70 bits per heavy atom. The van der Waals surface area contributed by atoms with Gasteiger partial charge in [-0.1, -0.05) is 26.0 Å². The highest BCUT2D eigenvalue weighted by Gasteiger charge is 2.61. The first-order valence-corrected chi connectivity index (χ1v) is 12.4. The van der Waals surface area contributed by atoms with E-state index in [1.54, 1.807) is 0 Å². The Morgan fingerprint density at radius 2 is 1.93 bits per heavy atom. The third-order valence-corrected chi connectivity index (χ3v) is 11.3. The maximum Gasteiger partial charge on any atom is 0.139 e. The van der Waals surface area contributed by atoms with E-state index in [0.717, 1.165) is 41.6 Å². The molecule has 1 aliphatic heterocycles. The highest BCUT2D eigenvalue weighted by Crippen LogP contribution is 2.67. The maximum absolute atomic E-state index is 12.6. The molecule has 0 bridgehead atoms. The average molecular weight is 388 g/mol. The molecule has 1 heterocycles. The summed E-state index contributed by atoms with van der Waals surface area (Å²) in [6, 6.07) is 0. The number of allylic oxidation sites excluding steroid dienone is 1. The molecule has 0 radical (unpaired) electrons. The molecular formula is C24H37NOS. The fourth-order valence-corrected chi connectivity index (χ4v) is 9.61. The van der Waals surface area contributed by atoms with Crippen LogP contribution in [-0.2, 0) is 4.79 Å². The van der Waals surface area contributed by atoms with Crippen molar-refractivity contribution in [2.24, 2.45) is 34.5 Å². The number of thioether (sulfide) groups is 1. The van der Waals surface area contributed by atoms with E-state index in [-0.39, 0.29) is 5.41 Å². The van der Waals surface area contributed by atoms with E-state index < -0.39 is 0 Å². The Morgan fingerprint density at radius 1 is 1.07 bits per heavy atom. The van der Waals surface area contributed by atoms with Crippen LogP contribution < -0.4 is 5.32 Å². The summed E-state index contributed by atoms with van der Waals surface area (Å²) in [5.41, 5.74) is 1.97. The van der Waals surface area contributed by atoms with Crippen molar-refractivity contribution in [3.63, 3.8) is 0 Å². The number of carbonyl (C=O) groups excluding carboxylic acids is 1. The van der Waals surface area contributed by atoms with E-state index in [2.05, 4.69) is 37.5 Å². The smallest absolute Gasteiger partial charge is 0.139 e. The van der Waals surface area contributed by atoms with Crippen molar-refractivity contribution < 1.29 is 4.79 Å². The van der Waals surface area contributed by atoms with Crippen molar-refractivity contribution in [2.75, 3.05) is 13.1 Å². The molecule has 0 aromatic heterocycles. The summed E-state index contributed by atoms with van der Waals surface area (Å²) in [6.45, 7) is 12.0. The number of nitrogens with one attached hydrogen (secondary N) is 1. The van der Waals surface area contributed by atoms with Gasteiger partial charge in [0.05, 0.1) is 0 Å². The monoisotopic (exact) mass is 387 g/mol. The first-order valence-electron chi connectivity index (χ1n) is 11.5. The van der Waals surface area contributed by atoms with Crippen LogP contribution in [0.1, 0.15) is 71.6 Å². The van der Waals surface area contributed by atoms with Gasteiger partial charge in [-0.3, -0.25) is 4.79 Å². The van der Waals surface area contributed by atoms with Crippen LogP contribution >= 0.6 is 11.8 Å². The van der Waals surface area contributed by atoms with Gasteiger partial charge < -0.3 is 5.32 Å². The molecule has 0 aromatic carbocycles. The van der Waals surface area contributed by atoms with Crippen molar-refractivity contribution in [1.29, 1.82) is 0 Å². The Labute approximate surface area is 169 Å². The van der Waals surface area contributed by atoms with Crippen LogP contribution in [0.15, 0.2) is 12.2 Å². The van der Waals surface area contributed by atoms with E-state index in [1.165, 1.54) is 57.2 Å². The Bertz CT molecular complexity index is 640. The molecule has 3 heteroatoms. The molecule has 27 heavy (non-hydrogen) atoms. The van der Waals surface area contributed by atoms with Crippen LogP contribution in [0, 0.1) is 34.5 Å². The van der Waals surface area contributed by atoms with Gasteiger partial charge in [-0.25, -0.2) is 0 Å². The predicted molar refractivity (Wildman–Crippen MR) is 114 cm³/mol. The fraction of sp³-hybridized carbons (Fsp3) is 0.875. The van der Waals surface area contributed by atoms with Gasteiger partial charge >= 0.3 is 0 Å². The molecule has 1 saturated heterocycles. The topological polar surface area (TPSA) is 29.1 Å². The first kappa shape index (κ1) is 18.7. The molecular weight excluding hydrogens is 350 g/mol. The summed E-state index contributed by atoms with van der Waals surface area (Å²) >= 11 is 2.29. The first-order chi connectivity index (χ1) is 12.9. The summed E-state index contributed by atoms with van der Waals surface area (Å²) in [4.78, 5) is 12.6. The van der Waals surface area contributed by atoms with Gasteiger partial charge in [0.2, 0.25) is 0 Å². The second-order valence-electron chi connectivity index (χ2n) is 10.9. The number of hydrogen-bond acceptors (Lipinski definition) is 3. The molecule has 0 aromatic rings. The number of ketones is 1. The number of fused-ring (bicyclic) bond motifs is 5. The maximum atomic E-state index is 12.6. The molecule has 8 atom stereocenters. The Balaban J connectivity index is 1.35. The van der Waals surface area contributed by atoms with E-state index >= 15 is 0 Å². The van der Waals surface area contributed by atoms with Crippen molar-refractivity contribution >= 4 is 17.5 Å². The van der Waals surface area contributed by atoms with Crippen molar-refractivity contribution in [2.45, 2.75) is 82.1 Å². The second-order valence-corrected chi connectivity index (χ2v) is 12.5. The molecule has 5 fully saturated rings. The molecule has 2 nitrogen and oxygen atoms in total. The predicted octanol–water partition coefficient (Wildman–Crippen LogP) is 5.23. The molecule has 1 N–H and O–H groups in total. The van der Waals surface area contributed by atoms with Gasteiger partial charge in [-0.05, 0) is 87.0 Å². The minimum Gasteiger partial charge on any atom is -0.316 e. The van der Waals surface area contributed by atoms with Crippen molar-refractivity contribution in [3.8, 4) is 0 Å². The van der Waals surface area contributed by atoms with E-state index in [1.807, 2.05) is 0 Å². The number of hydrogen-bond donors (Lipinski definition) is 1. The quantitative estimate of drug-likeness (QED) is 0.658. The van der Waals surface area contributed by atoms with Crippen LogP contribution in [0.3, 0.4) is 0 Å². The highest BCUT2D eigenvalue weighted by atomic mass is 32.2. The second kappa shape index (κ2) is 6.62. The number of rotatable bonds is 2. The molecule has 150 valence electrons. The third-order valence-electron chi connectivity index (χ3n) is 9.69. The summed E-state index contributed by atoms with van der Waals surface area (Å²) < 4.78 is 0. The van der Waals surface area contributed by atoms with Gasteiger partial charge in [-0.15, -0.1) is 0 Å². The van der Waals surface area contributed by atoms with Gasteiger partial charge in [-0.2, -0.15) is 11.8 Å². The molecule has 1 unspecified atom stereocenters. The zero-order chi connectivity index (χ0) is 18.8. The minimum absolute atomic E-state index is 0.0319. The lowest BCUT2D eigenvalue weighted by molar-refractivity contribution is -0.134. The number of carbonyl (C=O) groups is 1. The van der Waals surface area contributed by atoms with Crippen LogP contribution in [0.2, 0.25) is 0 Å². The summed E-state index contributed by atoms with van der Waals surface area (Å²) in [5, 5.41) is 5.24.